The second kappa shape index (κ2) is 7.12. The molecule has 0 aliphatic heterocycles. The van der Waals surface area contributed by atoms with E-state index in [0.717, 1.165) is 37.2 Å². The summed E-state index contributed by atoms with van der Waals surface area (Å²) in [6, 6.07) is 13.1. The van der Waals surface area contributed by atoms with Crippen molar-refractivity contribution in [3.63, 3.8) is 0 Å². The number of benzene rings is 2. The molecule has 0 radical (unpaired) electrons. The van der Waals surface area contributed by atoms with Crippen LogP contribution >= 0.6 is 0 Å². The summed E-state index contributed by atoms with van der Waals surface area (Å²) in [6.07, 6.45) is 4.28. The van der Waals surface area contributed by atoms with E-state index in [1.165, 1.54) is 27.8 Å². The van der Waals surface area contributed by atoms with E-state index in [4.69, 9.17) is 9.47 Å². The minimum Gasteiger partial charge on any atom is -0.493 e. The summed E-state index contributed by atoms with van der Waals surface area (Å²) in [5.41, 5.74) is 8.47. The highest BCUT2D eigenvalue weighted by Crippen LogP contribution is 2.40. The van der Waals surface area contributed by atoms with Gasteiger partial charge in [-0.2, -0.15) is 0 Å². The highest BCUT2D eigenvalue weighted by molar-refractivity contribution is 5.75. The molecule has 126 valence electrons. The number of rotatable bonds is 5. The van der Waals surface area contributed by atoms with Crippen LogP contribution in [0, 0.1) is 6.92 Å². The maximum atomic E-state index is 5.52. The second-order valence-electron chi connectivity index (χ2n) is 6.47. The van der Waals surface area contributed by atoms with Crippen LogP contribution in [0.1, 0.15) is 42.0 Å². The van der Waals surface area contributed by atoms with E-state index in [1.54, 1.807) is 19.8 Å². The van der Waals surface area contributed by atoms with Crippen molar-refractivity contribution in [3.05, 3.63) is 64.2 Å². The molecule has 3 rings (SSSR count). The van der Waals surface area contributed by atoms with Crippen molar-refractivity contribution >= 4 is 5.57 Å². The maximum absolute atomic E-state index is 5.52. The molecule has 1 aliphatic rings. The predicted molar refractivity (Wildman–Crippen MR) is 100.0 cm³/mol. The molecular formula is C22H26O2. The van der Waals surface area contributed by atoms with Gasteiger partial charge in [-0.3, -0.25) is 0 Å². The molecule has 0 amide bonds. The maximum Gasteiger partial charge on any atom is 0.161 e. The molecule has 1 aliphatic carbocycles. The lowest BCUT2D eigenvalue weighted by molar-refractivity contribution is 0.354. The molecule has 0 saturated carbocycles. The molecule has 0 spiro atoms. The highest BCUT2D eigenvalue weighted by Gasteiger charge is 2.21. The molecule has 0 N–H and O–H groups in total. The number of allylic oxidation sites excluding steroid dienone is 2. The van der Waals surface area contributed by atoms with Crippen molar-refractivity contribution in [2.75, 3.05) is 14.2 Å². The van der Waals surface area contributed by atoms with Crippen molar-refractivity contribution in [1.82, 2.24) is 0 Å². The first kappa shape index (κ1) is 16.6. The predicted octanol–water partition coefficient (Wildman–Crippen LogP) is 5.36. The van der Waals surface area contributed by atoms with E-state index >= 15 is 0 Å². The minimum absolute atomic E-state index is 0.819. The van der Waals surface area contributed by atoms with Crippen LogP contribution in [-0.4, -0.2) is 14.2 Å². The van der Waals surface area contributed by atoms with E-state index in [-0.39, 0.29) is 0 Å². The average Bonchev–Trinajstić information content (AvgIpc) is 2.60. The molecule has 0 bridgehead atoms. The zero-order chi connectivity index (χ0) is 17.1. The number of ether oxygens (including phenoxy) is 2. The van der Waals surface area contributed by atoms with E-state index < -0.39 is 0 Å². The Morgan fingerprint density at radius 3 is 2.38 bits per heavy atom. The SMILES string of the molecule is CCC1=C(Cc2cccc(C)c2)CCc2cc(OC)c(OC)cc21. The monoisotopic (exact) mass is 322 g/mol. The molecule has 24 heavy (non-hydrogen) atoms. The first-order valence-electron chi connectivity index (χ1n) is 8.68. The van der Waals surface area contributed by atoms with Crippen LogP contribution in [0.15, 0.2) is 42.0 Å². The summed E-state index contributed by atoms with van der Waals surface area (Å²) in [5, 5.41) is 0. The Morgan fingerprint density at radius 2 is 1.71 bits per heavy atom. The van der Waals surface area contributed by atoms with Gasteiger partial charge in [-0.05, 0) is 67.0 Å². The third kappa shape index (κ3) is 3.19. The molecule has 0 saturated heterocycles. The van der Waals surface area contributed by atoms with Crippen LogP contribution in [0.4, 0.5) is 0 Å². The fourth-order valence-electron chi connectivity index (χ4n) is 3.74. The van der Waals surface area contributed by atoms with Gasteiger partial charge < -0.3 is 9.47 Å². The molecule has 0 heterocycles. The zero-order valence-corrected chi connectivity index (χ0v) is 15.1. The van der Waals surface area contributed by atoms with Crippen LogP contribution in [0.25, 0.3) is 5.57 Å². The minimum atomic E-state index is 0.819. The van der Waals surface area contributed by atoms with E-state index in [9.17, 15) is 0 Å². The Labute approximate surface area is 145 Å². The first-order chi connectivity index (χ1) is 11.7. The van der Waals surface area contributed by atoms with Crippen LogP contribution in [0.5, 0.6) is 11.5 Å². The molecule has 2 aromatic carbocycles. The summed E-state index contributed by atoms with van der Waals surface area (Å²) in [5.74, 6) is 1.65. The molecule has 0 atom stereocenters. The summed E-state index contributed by atoms with van der Waals surface area (Å²) in [6.45, 7) is 4.41. The third-order valence-corrected chi connectivity index (χ3v) is 4.91. The number of aryl methyl sites for hydroxylation is 2. The third-order valence-electron chi connectivity index (χ3n) is 4.91. The summed E-state index contributed by atoms with van der Waals surface area (Å²) in [7, 11) is 3.41. The van der Waals surface area contributed by atoms with Gasteiger partial charge in [0.2, 0.25) is 0 Å². The summed E-state index contributed by atoms with van der Waals surface area (Å²) >= 11 is 0. The lowest BCUT2D eigenvalue weighted by Gasteiger charge is -2.25. The highest BCUT2D eigenvalue weighted by atomic mass is 16.5. The normalized spacial score (nSPS) is 13.7. The van der Waals surface area contributed by atoms with E-state index in [0.29, 0.717) is 0 Å². The Balaban J connectivity index is 2.03. The Bertz CT molecular complexity index is 772. The smallest absolute Gasteiger partial charge is 0.161 e. The molecule has 0 fully saturated rings. The van der Waals surface area contributed by atoms with Crippen LogP contribution in [0.2, 0.25) is 0 Å². The number of hydrogen-bond donors (Lipinski definition) is 0. The Kier molecular flexibility index (Phi) is 4.94. The molecule has 0 aromatic heterocycles. The van der Waals surface area contributed by atoms with Gasteiger partial charge in [-0.1, -0.05) is 42.3 Å². The fraction of sp³-hybridized carbons (Fsp3) is 0.364. The Hall–Kier alpha value is -2.22. The lowest BCUT2D eigenvalue weighted by atomic mass is 9.81. The quantitative estimate of drug-likeness (QED) is 0.737. The first-order valence-corrected chi connectivity index (χ1v) is 8.68. The van der Waals surface area contributed by atoms with Crippen molar-refractivity contribution in [3.8, 4) is 11.5 Å². The van der Waals surface area contributed by atoms with Gasteiger partial charge in [-0.25, -0.2) is 0 Å². The molecule has 2 aromatic rings. The van der Waals surface area contributed by atoms with Crippen LogP contribution in [0.3, 0.4) is 0 Å². The number of methoxy groups -OCH3 is 2. The molecular weight excluding hydrogens is 296 g/mol. The second-order valence-corrected chi connectivity index (χ2v) is 6.47. The molecule has 0 unspecified atom stereocenters. The molecule has 2 nitrogen and oxygen atoms in total. The summed E-state index contributed by atoms with van der Waals surface area (Å²) in [4.78, 5) is 0. The van der Waals surface area contributed by atoms with Crippen molar-refractivity contribution in [2.45, 2.75) is 39.5 Å². The lowest BCUT2D eigenvalue weighted by Crippen LogP contribution is -2.08. The largest absolute Gasteiger partial charge is 0.493 e. The van der Waals surface area contributed by atoms with Gasteiger partial charge >= 0.3 is 0 Å². The van der Waals surface area contributed by atoms with Crippen molar-refractivity contribution in [1.29, 1.82) is 0 Å². The topological polar surface area (TPSA) is 18.5 Å². The van der Waals surface area contributed by atoms with Gasteiger partial charge in [0.25, 0.3) is 0 Å². The summed E-state index contributed by atoms with van der Waals surface area (Å²) < 4.78 is 11.0. The fourth-order valence-corrected chi connectivity index (χ4v) is 3.74. The van der Waals surface area contributed by atoms with E-state index in [1.807, 2.05) is 0 Å². The van der Waals surface area contributed by atoms with Gasteiger partial charge in [0.1, 0.15) is 0 Å². The van der Waals surface area contributed by atoms with E-state index in [2.05, 4.69) is 50.2 Å². The van der Waals surface area contributed by atoms with Crippen molar-refractivity contribution in [2.24, 2.45) is 0 Å². The Morgan fingerprint density at radius 1 is 0.958 bits per heavy atom. The van der Waals surface area contributed by atoms with Crippen LogP contribution in [-0.2, 0) is 12.8 Å². The van der Waals surface area contributed by atoms with Gasteiger partial charge in [0.15, 0.2) is 11.5 Å². The van der Waals surface area contributed by atoms with Crippen molar-refractivity contribution < 1.29 is 9.47 Å². The standard InChI is InChI=1S/C22H26O2/c1-5-19-17(12-16-8-6-7-15(2)11-16)9-10-18-13-21(23-3)22(24-4)14-20(18)19/h6-8,11,13-14H,5,9-10,12H2,1-4H3. The van der Waals surface area contributed by atoms with Gasteiger partial charge in [0, 0.05) is 0 Å². The number of fused-ring (bicyclic) bond motifs is 1. The van der Waals surface area contributed by atoms with Gasteiger partial charge in [-0.15, -0.1) is 0 Å². The van der Waals surface area contributed by atoms with Gasteiger partial charge in [0.05, 0.1) is 14.2 Å². The molecule has 2 heteroatoms. The zero-order valence-electron chi connectivity index (χ0n) is 15.1. The van der Waals surface area contributed by atoms with Crippen LogP contribution < -0.4 is 9.47 Å². The average molecular weight is 322 g/mol. The number of hydrogen-bond acceptors (Lipinski definition) is 2.